The molecule has 1 rings (SSSR count). The topological polar surface area (TPSA) is 12.0 Å². The van der Waals surface area contributed by atoms with Crippen molar-refractivity contribution in [3.63, 3.8) is 0 Å². The lowest BCUT2D eigenvalue weighted by atomic mass is 9.79. The second-order valence-corrected chi connectivity index (χ2v) is 6.39. The van der Waals surface area contributed by atoms with Crippen LogP contribution in [0.25, 0.3) is 0 Å². The third-order valence-electron chi connectivity index (χ3n) is 3.20. The van der Waals surface area contributed by atoms with Crippen molar-refractivity contribution in [3.8, 4) is 0 Å². The molecule has 96 valence electrons. The standard InChI is InChI=1S/C15H24IN/c1-4-10-15(3,12-17-5-2)11-13-6-8-14(16)9-7-13/h6-9,17H,4-5,10-12H2,1-3H3. The lowest BCUT2D eigenvalue weighted by Gasteiger charge is -2.30. The highest BCUT2D eigenvalue weighted by Gasteiger charge is 2.23. The third kappa shape index (κ3) is 5.38. The first-order chi connectivity index (χ1) is 8.09. The zero-order valence-electron chi connectivity index (χ0n) is 11.2. The molecule has 0 spiro atoms. The van der Waals surface area contributed by atoms with E-state index in [-0.39, 0.29) is 0 Å². The van der Waals surface area contributed by atoms with Gasteiger partial charge in [0.15, 0.2) is 0 Å². The van der Waals surface area contributed by atoms with Gasteiger partial charge in [-0.2, -0.15) is 0 Å². The summed E-state index contributed by atoms with van der Waals surface area (Å²) < 4.78 is 1.32. The molecule has 0 fully saturated rings. The largest absolute Gasteiger partial charge is 0.316 e. The number of halogens is 1. The average molecular weight is 345 g/mol. The zero-order chi connectivity index (χ0) is 12.7. The molecule has 1 nitrogen and oxygen atoms in total. The molecule has 0 heterocycles. The van der Waals surface area contributed by atoms with Crippen molar-refractivity contribution >= 4 is 22.6 Å². The summed E-state index contributed by atoms with van der Waals surface area (Å²) in [6, 6.07) is 8.94. The van der Waals surface area contributed by atoms with Gasteiger partial charge in [0.1, 0.15) is 0 Å². The Morgan fingerprint density at radius 2 is 1.82 bits per heavy atom. The minimum atomic E-state index is 0.386. The van der Waals surface area contributed by atoms with Gasteiger partial charge >= 0.3 is 0 Å². The van der Waals surface area contributed by atoms with Crippen LogP contribution in [-0.4, -0.2) is 13.1 Å². The van der Waals surface area contributed by atoms with Crippen molar-refractivity contribution in [2.75, 3.05) is 13.1 Å². The van der Waals surface area contributed by atoms with Crippen LogP contribution in [0.1, 0.15) is 39.2 Å². The molecule has 2 heteroatoms. The summed E-state index contributed by atoms with van der Waals surface area (Å²) in [4.78, 5) is 0. The van der Waals surface area contributed by atoms with Gasteiger partial charge in [0.25, 0.3) is 0 Å². The smallest absolute Gasteiger partial charge is 0.0130 e. The highest BCUT2D eigenvalue weighted by Crippen LogP contribution is 2.27. The highest BCUT2D eigenvalue weighted by atomic mass is 127. The molecule has 0 aliphatic carbocycles. The van der Waals surface area contributed by atoms with Gasteiger partial charge in [0.05, 0.1) is 0 Å². The molecule has 1 aromatic rings. The summed E-state index contributed by atoms with van der Waals surface area (Å²) in [6.45, 7) is 9.03. The second-order valence-electron chi connectivity index (χ2n) is 5.14. The van der Waals surface area contributed by atoms with Gasteiger partial charge in [-0.25, -0.2) is 0 Å². The van der Waals surface area contributed by atoms with Gasteiger partial charge in [0.2, 0.25) is 0 Å². The number of benzene rings is 1. The molecule has 1 unspecified atom stereocenters. The molecule has 1 N–H and O–H groups in total. The van der Waals surface area contributed by atoms with Crippen LogP contribution in [-0.2, 0) is 6.42 Å². The number of hydrogen-bond donors (Lipinski definition) is 1. The molecule has 17 heavy (non-hydrogen) atoms. The summed E-state index contributed by atoms with van der Waals surface area (Å²) in [6.07, 6.45) is 3.71. The van der Waals surface area contributed by atoms with Crippen molar-refractivity contribution < 1.29 is 0 Å². The molecule has 1 aromatic carbocycles. The quantitative estimate of drug-likeness (QED) is 0.729. The Bertz CT molecular complexity index is 320. The van der Waals surface area contributed by atoms with E-state index in [2.05, 4.69) is 72.9 Å². The number of hydrogen-bond acceptors (Lipinski definition) is 1. The van der Waals surface area contributed by atoms with E-state index in [0.717, 1.165) is 13.1 Å². The Morgan fingerprint density at radius 1 is 1.18 bits per heavy atom. The maximum atomic E-state index is 3.50. The summed E-state index contributed by atoms with van der Waals surface area (Å²) in [7, 11) is 0. The molecule has 0 aliphatic rings. The molecule has 0 aliphatic heterocycles. The van der Waals surface area contributed by atoms with E-state index in [0.29, 0.717) is 5.41 Å². The number of nitrogens with one attached hydrogen (secondary N) is 1. The summed E-state index contributed by atoms with van der Waals surface area (Å²) in [5.41, 5.74) is 1.84. The first-order valence-electron chi connectivity index (χ1n) is 6.55. The van der Waals surface area contributed by atoms with Crippen molar-refractivity contribution in [2.24, 2.45) is 5.41 Å². The van der Waals surface area contributed by atoms with E-state index >= 15 is 0 Å². The first-order valence-corrected chi connectivity index (χ1v) is 7.62. The molecule has 0 saturated carbocycles. The van der Waals surface area contributed by atoms with E-state index < -0.39 is 0 Å². The fourth-order valence-corrected chi connectivity index (χ4v) is 2.72. The van der Waals surface area contributed by atoms with Crippen molar-refractivity contribution in [3.05, 3.63) is 33.4 Å². The van der Waals surface area contributed by atoms with Gasteiger partial charge < -0.3 is 5.32 Å². The minimum Gasteiger partial charge on any atom is -0.316 e. The van der Waals surface area contributed by atoms with Crippen LogP contribution in [0.4, 0.5) is 0 Å². The Balaban J connectivity index is 2.67. The maximum absolute atomic E-state index is 3.50. The molecular weight excluding hydrogens is 321 g/mol. The highest BCUT2D eigenvalue weighted by molar-refractivity contribution is 14.1. The van der Waals surface area contributed by atoms with Crippen LogP contribution >= 0.6 is 22.6 Å². The van der Waals surface area contributed by atoms with Gasteiger partial charge in [-0.1, -0.05) is 39.3 Å². The van der Waals surface area contributed by atoms with Crippen LogP contribution in [0, 0.1) is 8.99 Å². The van der Waals surface area contributed by atoms with E-state index in [1.54, 1.807) is 0 Å². The molecular formula is C15H24IN. The summed E-state index contributed by atoms with van der Waals surface area (Å²) in [5.74, 6) is 0. The Kier molecular flexibility index (Phi) is 6.49. The van der Waals surface area contributed by atoms with Crippen LogP contribution < -0.4 is 5.32 Å². The van der Waals surface area contributed by atoms with Crippen molar-refractivity contribution in [2.45, 2.75) is 40.0 Å². The van der Waals surface area contributed by atoms with E-state index in [1.165, 1.54) is 28.4 Å². The fourth-order valence-electron chi connectivity index (χ4n) is 2.36. The zero-order valence-corrected chi connectivity index (χ0v) is 13.4. The van der Waals surface area contributed by atoms with E-state index in [1.807, 2.05) is 0 Å². The summed E-state index contributed by atoms with van der Waals surface area (Å²) in [5, 5.41) is 3.50. The van der Waals surface area contributed by atoms with Crippen LogP contribution in [0.5, 0.6) is 0 Å². The van der Waals surface area contributed by atoms with Crippen molar-refractivity contribution in [1.29, 1.82) is 0 Å². The molecule has 0 bridgehead atoms. The third-order valence-corrected chi connectivity index (χ3v) is 3.92. The second kappa shape index (κ2) is 7.37. The van der Waals surface area contributed by atoms with Crippen LogP contribution in [0.3, 0.4) is 0 Å². The Hall–Kier alpha value is -0.0900. The molecule has 1 atom stereocenters. The van der Waals surface area contributed by atoms with Gasteiger partial charge in [-0.3, -0.25) is 0 Å². The van der Waals surface area contributed by atoms with Gasteiger partial charge in [-0.15, -0.1) is 0 Å². The predicted molar refractivity (Wildman–Crippen MR) is 84.4 cm³/mol. The lowest BCUT2D eigenvalue weighted by molar-refractivity contribution is 0.277. The molecule has 0 aromatic heterocycles. The van der Waals surface area contributed by atoms with Gasteiger partial charge in [0, 0.05) is 10.1 Å². The predicted octanol–water partition coefficient (Wildman–Crippen LogP) is 4.25. The van der Waals surface area contributed by atoms with Gasteiger partial charge in [-0.05, 0) is 65.1 Å². The minimum absolute atomic E-state index is 0.386. The lowest BCUT2D eigenvalue weighted by Crippen LogP contribution is -2.33. The maximum Gasteiger partial charge on any atom is 0.0130 e. The molecule has 0 radical (unpaired) electrons. The SMILES string of the molecule is CCCC(C)(CNCC)Cc1ccc(I)cc1. The monoisotopic (exact) mass is 345 g/mol. The van der Waals surface area contributed by atoms with Crippen LogP contribution in [0.15, 0.2) is 24.3 Å². The average Bonchev–Trinajstić information content (AvgIpc) is 2.30. The van der Waals surface area contributed by atoms with E-state index in [9.17, 15) is 0 Å². The fraction of sp³-hybridized carbons (Fsp3) is 0.600. The molecule has 0 saturated heterocycles. The van der Waals surface area contributed by atoms with Crippen molar-refractivity contribution in [1.82, 2.24) is 5.32 Å². The Morgan fingerprint density at radius 3 is 2.35 bits per heavy atom. The molecule has 0 amide bonds. The van der Waals surface area contributed by atoms with E-state index in [4.69, 9.17) is 0 Å². The normalized spacial score (nSPS) is 14.6. The summed E-state index contributed by atoms with van der Waals surface area (Å²) >= 11 is 2.36. The number of rotatable bonds is 7. The first kappa shape index (κ1) is 15.0. The van der Waals surface area contributed by atoms with Crippen LogP contribution in [0.2, 0.25) is 0 Å². The Labute approximate surface area is 120 Å².